The third kappa shape index (κ3) is 3.24. The number of carbonyl (C=O) groups excluding carboxylic acids is 1. The molecule has 1 N–H and O–H groups in total. The summed E-state index contributed by atoms with van der Waals surface area (Å²) in [6, 6.07) is 1.74. The van der Waals surface area contributed by atoms with Gasteiger partial charge in [0.2, 0.25) is 0 Å². The Labute approximate surface area is 114 Å². The zero-order valence-corrected chi connectivity index (χ0v) is 11.3. The molecule has 2 heterocycles. The number of carbonyl (C=O) groups is 2. The van der Waals surface area contributed by atoms with Crippen LogP contribution in [-0.4, -0.2) is 54.8 Å². The van der Waals surface area contributed by atoms with Gasteiger partial charge in [0.05, 0.1) is 26.2 Å². The number of ether oxygens (including phenoxy) is 2. The van der Waals surface area contributed by atoms with Crippen LogP contribution in [0, 0.1) is 0 Å². The fourth-order valence-corrected chi connectivity index (χ4v) is 2.80. The van der Waals surface area contributed by atoms with Crippen molar-refractivity contribution in [3.05, 3.63) is 16.3 Å². The Hall–Kier alpha value is -1.60. The van der Waals surface area contributed by atoms with Crippen LogP contribution >= 0.6 is 11.3 Å². The second-order valence-corrected chi connectivity index (χ2v) is 5.08. The maximum Gasteiger partial charge on any atom is 0.306 e. The number of aliphatic carboxylic acids is 1. The van der Waals surface area contributed by atoms with Gasteiger partial charge in [0, 0.05) is 13.1 Å². The van der Waals surface area contributed by atoms with Gasteiger partial charge >= 0.3 is 5.97 Å². The van der Waals surface area contributed by atoms with Crippen LogP contribution in [0.25, 0.3) is 0 Å². The quantitative estimate of drug-likeness (QED) is 0.895. The number of nitrogens with zero attached hydrogens (tertiary/aromatic N) is 1. The van der Waals surface area contributed by atoms with E-state index in [1.807, 2.05) is 0 Å². The molecule has 1 saturated heterocycles. The topological polar surface area (TPSA) is 76.1 Å². The van der Waals surface area contributed by atoms with Crippen molar-refractivity contribution in [2.75, 3.05) is 26.8 Å². The Morgan fingerprint density at radius 3 is 3.11 bits per heavy atom. The minimum Gasteiger partial charge on any atom is -0.495 e. The van der Waals surface area contributed by atoms with Crippen LogP contribution < -0.4 is 4.74 Å². The minimum atomic E-state index is -0.923. The van der Waals surface area contributed by atoms with Gasteiger partial charge in [0.1, 0.15) is 10.6 Å². The molecule has 1 unspecified atom stereocenters. The molecule has 1 atom stereocenters. The summed E-state index contributed by atoms with van der Waals surface area (Å²) in [6.07, 6.45) is -0.535. The summed E-state index contributed by atoms with van der Waals surface area (Å²) in [5.74, 6) is -0.505. The van der Waals surface area contributed by atoms with Crippen LogP contribution in [0.1, 0.15) is 16.1 Å². The van der Waals surface area contributed by atoms with Gasteiger partial charge in [0.15, 0.2) is 0 Å². The van der Waals surface area contributed by atoms with Crippen molar-refractivity contribution in [1.29, 1.82) is 0 Å². The second-order valence-electron chi connectivity index (χ2n) is 4.16. The molecule has 0 aromatic carbocycles. The Morgan fingerprint density at radius 2 is 2.42 bits per heavy atom. The van der Waals surface area contributed by atoms with E-state index >= 15 is 0 Å². The molecule has 19 heavy (non-hydrogen) atoms. The first-order chi connectivity index (χ1) is 9.11. The number of hydrogen-bond donors (Lipinski definition) is 1. The highest BCUT2D eigenvalue weighted by Crippen LogP contribution is 2.26. The Balaban J connectivity index is 2.05. The summed E-state index contributed by atoms with van der Waals surface area (Å²) < 4.78 is 10.5. The van der Waals surface area contributed by atoms with Crippen LogP contribution in [0.15, 0.2) is 11.4 Å². The van der Waals surface area contributed by atoms with Gasteiger partial charge in [-0.05, 0) is 11.4 Å². The third-order valence-electron chi connectivity index (χ3n) is 2.87. The lowest BCUT2D eigenvalue weighted by atomic mass is 10.2. The summed E-state index contributed by atoms with van der Waals surface area (Å²) in [4.78, 5) is 25.2. The van der Waals surface area contributed by atoms with Crippen LogP contribution in [0.2, 0.25) is 0 Å². The lowest BCUT2D eigenvalue weighted by Gasteiger charge is -2.32. The van der Waals surface area contributed by atoms with Crippen LogP contribution in [0.5, 0.6) is 5.75 Å². The van der Waals surface area contributed by atoms with E-state index in [2.05, 4.69) is 0 Å². The minimum absolute atomic E-state index is 0.0919. The smallest absolute Gasteiger partial charge is 0.306 e. The van der Waals surface area contributed by atoms with E-state index in [1.165, 1.54) is 18.4 Å². The lowest BCUT2D eigenvalue weighted by molar-refractivity contribution is -0.141. The summed E-state index contributed by atoms with van der Waals surface area (Å²) in [5, 5.41) is 10.5. The van der Waals surface area contributed by atoms with Gasteiger partial charge in [0.25, 0.3) is 5.91 Å². The summed E-state index contributed by atoms with van der Waals surface area (Å²) >= 11 is 1.32. The molecule has 7 heteroatoms. The van der Waals surface area contributed by atoms with Crippen molar-refractivity contribution >= 4 is 23.2 Å². The maximum atomic E-state index is 12.3. The Morgan fingerprint density at radius 1 is 1.63 bits per heavy atom. The summed E-state index contributed by atoms with van der Waals surface area (Å²) in [6.45, 7) is 1.12. The third-order valence-corrected chi connectivity index (χ3v) is 3.76. The molecule has 0 radical (unpaired) electrons. The number of carboxylic acid groups (broad SMARTS) is 1. The van der Waals surface area contributed by atoms with E-state index in [1.54, 1.807) is 16.3 Å². The van der Waals surface area contributed by atoms with Crippen LogP contribution in [0.3, 0.4) is 0 Å². The van der Waals surface area contributed by atoms with Crippen molar-refractivity contribution in [2.24, 2.45) is 0 Å². The highest BCUT2D eigenvalue weighted by Gasteiger charge is 2.28. The molecule has 6 nitrogen and oxygen atoms in total. The van der Waals surface area contributed by atoms with E-state index in [0.29, 0.717) is 30.3 Å². The van der Waals surface area contributed by atoms with Gasteiger partial charge in [-0.15, -0.1) is 11.3 Å². The molecular formula is C12H15NO5S. The molecule has 104 valence electrons. The van der Waals surface area contributed by atoms with Crippen molar-refractivity contribution < 1.29 is 24.2 Å². The van der Waals surface area contributed by atoms with Crippen molar-refractivity contribution in [2.45, 2.75) is 12.5 Å². The van der Waals surface area contributed by atoms with Crippen LogP contribution in [-0.2, 0) is 9.53 Å². The maximum absolute atomic E-state index is 12.3. The number of hydrogen-bond acceptors (Lipinski definition) is 5. The number of amides is 1. The van der Waals surface area contributed by atoms with Gasteiger partial charge < -0.3 is 19.5 Å². The molecule has 0 bridgehead atoms. The fraction of sp³-hybridized carbons (Fsp3) is 0.500. The standard InChI is InChI=1S/C12H15NO5S/c1-17-9-2-5-19-11(9)12(16)13-3-4-18-8(7-13)6-10(14)15/h2,5,8H,3-4,6-7H2,1H3,(H,14,15). The molecule has 0 aliphatic carbocycles. The number of carboxylic acids is 1. The van der Waals surface area contributed by atoms with E-state index < -0.39 is 12.1 Å². The molecule has 0 spiro atoms. The molecule has 1 aliphatic heterocycles. The SMILES string of the molecule is COc1ccsc1C(=O)N1CCOC(CC(=O)O)C1. The molecule has 1 aromatic heterocycles. The van der Waals surface area contributed by atoms with E-state index in [9.17, 15) is 9.59 Å². The number of rotatable bonds is 4. The first-order valence-corrected chi connectivity index (χ1v) is 6.74. The lowest BCUT2D eigenvalue weighted by Crippen LogP contribution is -2.46. The predicted octanol–water partition coefficient (Wildman–Crippen LogP) is 1.07. The van der Waals surface area contributed by atoms with Gasteiger partial charge in [-0.3, -0.25) is 9.59 Å². The van der Waals surface area contributed by atoms with Gasteiger partial charge in [-0.2, -0.15) is 0 Å². The number of thiophene rings is 1. The van der Waals surface area contributed by atoms with E-state index in [0.717, 1.165) is 0 Å². The van der Waals surface area contributed by atoms with Gasteiger partial charge in [-0.1, -0.05) is 0 Å². The fourth-order valence-electron chi connectivity index (χ4n) is 1.98. The zero-order chi connectivity index (χ0) is 13.8. The van der Waals surface area contributed by atoms with Crippen molar-refractivity contribution in [1.82, 2.24) is 4.90 Å². The van der Waals surface area contributed by atoms with Gasteiger partial charge in [-0.25, -0.2) is 0 Å². The number of morpholine rings is 1. The highest BCUT2D eigenvalue weighted by atomic mass is 32.1. The molecular weight excluding hydrogens is 270 g/mol. The normalized spacial score (nSPS) is 19.2. The molecule has 1 aliphatic rings. The zero-order valence-electron chi connectivity index (χ0n) is 10.5. The number of methoxy groups -OCH3 is 1. The first kappa shape index (κ1) is 13.8. The molecule has 1 amide bonds. The summed E-state index contributed by atoms with van der Waals surface area (Å²) in [5.41, 5.74) is 0. The van der Waals surface area contributed by atoms with Crippen molar-refractivity contribution in [3.8, 4) is 5.75 Å². The van der Waals surface area contributed by atoms with Crippen LogP contribution in [0.4, 0.5) is 0 Å². The van der Waals surface area contributed by atoms with E-state index in [4.69, 9.17) is 14.6 Å². The monoisotopic (exact) mass is 285 g/mol. The Bertz CT molecular complexity index is 472. The van der Waals surface area contributed by atoms with Crippen molar-refractivity contribution in [3.63, 3.8) is 0 Å². The first-order valence-electron chi connectivity index (χ1n) is 5.86. The average molecular weight is 285 g/mol. The summed E-state index contributed by atoms with van der Waals surface area (Å²) in [7, 11) is 1.52. The van der Waals surface area contributed by atoms with E-state index in [-0.39, 0.29) is 12.3 Å². The highest BCUT2D eigenvalue weighted by molar-refractivity contribution is 7.12. The molecule has 2 rings (SSSR count). The largest absolute Gasteiger partial charge is 0.495 e. The molecule has 1 aromatic rings. The molecule has 0 saturated carbocycles. The average Bonchev–Trinajstić information content (AvgIpc) is 2.85. The Kier molecular flexibility index (Phi) is 4.39. The predicted molar refractivity (Wildman–Crippen MR) is 68.8 cm³/mol. The second kappa shape index (κ2) is 6.03. The molecule has 1 fully saturated rings.